The molecule has 1 saturated carbocycles. The van der Waals surface area contributed by atoms with Crippen LogP contribution in [0.3, 0.4) is 0 Å². The number of likely N-dealkylation sites (tertiary alicyclic amines) is 1. The quantitative estimate of drug-likeness (QED) is 0.791. The van der Waals surface area contributed by atoms with Crippen LogP contribution in [0, 0.1) is 12.3 Å². The van der Waals surface area contributed by atoms with Gasteiger partial charge in [0.1, 0.15) is 5.41 Å². The molecule has 0 radical (unpaired) electrons. The number of hydrogen-bond acceptors (Lipinski definition) is 3. The van der Waals surface area contributed by atoms with E-state index in [1.54, 1.807) is 0 Å². The number of rotatable bonds is 3. The van der Waals surface area contributed by atoms with Crippen LogP contribution in [0.2, 0.25) is 0 Å². The molecule has 3 aliphatic rings. The van der Waals surface area contributed by atoms with Crippen molar-refractivity contribution in [1.29, 1.82) is 0 Å². The van der Waals surface area contributed by atoms with Crippen molar-refractivity contribution < 1.29 is 9.59 Å². The van der Waals surface area contributed by atoms with E-state index < -0.39 is 5.41 Å². The molecule has 134 valence electrons. The zero-order valence-corrected chi connectivity index (χ0v) is 15.0. The van der Waals surface area contributed by atoms with Gasteiger partial charge < -0.3 is 14.7 Å². The summed E-state index contributed by atoms with van der Waals surface area (Å²) in [5.74, 6) is 0.171. The first-order chi connectivity index (χ1) is 12.1. The Hall–Kier alpha value is -2.04. The average Bonchev–Trinajstić information content (AvgIpc) is 3.27. The molecule has 2 amide bonds. The Balaban J connectivity index is 1.39. The molecule has 2 saturated heterocycles. The molecule has 1 aromatic carbocycles. The summed E-state index contributed by atoms with van der Waals surface area (Å²) in [4.78, 5) is 32.0. The topological polar surface area (TPSA) is 43.9 Å². The van der Waals surface area contributed by atoms with Gasteiger partial charge in [0.2, 0.25) is 11.8 Å². The molecule has 2 heterocycles. The lowest BCUT2D eigenvalue weighted by Gasteiger charge is -2.38. The van der Waals surface area contributed by atoms with E-state index in [4.69, 9.17) is 0 Å². The second-order valence-electron chi connectivity index (χ2n) is 7.70. The van der Waals surface area contributed by atoms with Crippen LogP contribution in [0.15, 0.2) is 24.3 Å². The van der Waals surface area contributed by atoms with E-state index in [0.717, 1.165) is 51.9 Å². The first-order valence-electron chi connectivity index (χ1n) is 9.50. The van der Waals surface area contributed by atoms with Gasteiger partial charge in [-0.1, -0.05) is 12.1 Å². The summed E-state index contributed by atoms with van der Waals surface area (Å²) in [7, 11) is 0. The van der Waals surface area contributed by atoms with Crippen molar-refractivity contribution in [2.75, 3.05) is 44.2 Å². The van der Waals surface area contributed by atoms with Crippen molar-refractivity contribution in [3.05, 3.63) is 29.8 Å². The van der Waals surface area contributed by atoms with Crippen molar-refractivity contribution in [3.63, 3.8) is 0 Å². The molecule has 0 unspecified atom stereocenters. The fraction of sp³-hybridized carbons (Fsp3) is 0.600. The predicted octanol–water partition coefficient (Wildman–Crippen LogP) is 2.05. The number of carbonyl (C=O) groups excluding carboxylic acids is 2. The predicted molar refractivity (Wildman–Crippen MR) is 97.5 cm³/mol. The molecular formula is C20H27N3O2. The van der Waals surface area contributed by atoms with Crippen LogP contribution in [0.4, 0.5) is 5.69 Å². The van der Waals surface area contributed by atoms with Crippen molar-refractivity contribution in [2.24, 2.45) is 5.41 Å². The number of amides is 2. The first-order valence-corrected chi connectivity index (χ1v) is 9.50. The third-order valence-corrected chi connectivity index (χ3v) is 5.90. The highest BCUT2D eigenvalue weighted by Gasteiger charge is 2.59. The summed E-state index contributed by atoms with van der Waals surface area (Å²) in [5.41, 5.74) is 1.76. The Morgan fingerprint density at radius 2 is 1.48 bits per heavy atom. The van der Waals surface area contributed by atoms with Gasteiger partial charge >= 0.3 is 0 Å². The lowest BCUT2D eigenvalue weighted by Crippen LogP contribution is -2.53. The lowest BCUT2D eigenvalue weighted by molar-refractivity contribution is -0.149. The van der Waals surface area contributed by atoms with Crippen LogP contribution in [0.25, 0.3) is 0 Å². The summed E-state index contributed by atoms with van der Waals surface area (Å²) in [5, 5.41) is 0. The molecular weight excluding hydrogens is 314 g/mol. The summed E-state index contributed by atoms with van der Waals surface area (Å²) < 4.78 is 0. The van der Waals surface area contributed by atoms with Crippen LogP contribution in [-0.2, 0) is 9.59 Å². The summed E-state index contributed by atoms with van der Waals surface area (Å²) in [6.45, 7) is 6.85. The standard InChI is InChI=1S/C20H27N3O2/c1-16-5-4-6-17(15-16)21-11-13-23(14-12-21)19(25)20(7-8-20)18(24)22-9-2-3-10-22/h4-6,15H,2-3,7-14H2,1H3. The van der Waals surface area contributed by atoms with Crippen molar-refractivity contribution >= 4 is 17.5 Å². The number of carbonyl (C=O) groups is 2. The molecule has 0 atom stereocenters. The maximum Gasteiger partial charge on any atom is 0.238 e. The van der Waals surface area contributed by atoms with Gasteiger partial charge in [0.05, 0.1) is 0 Å². The zero-order valence-electron chi connectivity index (χ0n) is 15.0. The maximum atomic E-state index is 13.0. The molecule has 5 nitrogen and oxygen atoms in total. The zero-order chi connectivity index (χ0) is 17.4. The number of piperazine rings is 1. The van der Waals surface area contributed by atoms with Crippen molar-refractivity contribution in [1.82, 2.24) is 9.80 Å². The number of nitrogens with zero attached hydrogens (tertiary/aromatic N) is 3. The fourth-order valence-electron chi connectivity index (χ4n) is 4.16. The van der Waals surface area contributed by atoms with Gasteiger partial charge in [0.15, 0.2) is 0 Å². The molecule has 0 N–H and O–H groups in total. The van der Waals surface area contributed by atoms with E-state index in [0.29, 0.717) is 13.1 Å². The van der Waals surface area contributed by atoms with Gasteiger partial charge in [-0.3, -0.25) is 9.59 Å². The van der Waals surface area contributed by atoms with E-state index in [1.807, 2.05) is 9.80 Å². The summed E-state index contributed by atoms with van der Waals surface area (Å²) >= 11 is 0. The van der Waals surface area contributed by atoms with Gasteiger partial charge in [0.25, 0.3) is 0 Å². The molecule has 1 aromatic rings. The van der Waals surface area contributed by atoms with Crippen LogP contribution in [0.5, 0.6) is 0 Å². The summed E-state index contributed by atoms with van der Waals surface area (Å²) in [6.07, 6.45) is 3.62. The van der Waals surface area contributed by atoms with Gasteiger partial charge in [-0.15, -0.1) is 0 Å². The highest BCUT2D eigenvalue weighted by molar-refractivity contribution is 6.08. The van der Waals surface area contributed by atoms with Crippen LogP contribution >= 0.6 is 0 Å². The SMILES string of the molecule is Cc1cccc(N2CCN(C(=O)C3(C(=O)N4CCCC4)CC3)CC2)c1. The minimum atomic E-state index is -0.712. The first kappa shape index (κ1) is 16.4. The molecule has 0 spiro atoms. The van der Waals surface area contributed by atoms with Crippen molar-refractivity contribution in [3.8, 4) is 0 Å². The number of hydrogen-bond donors (Lipinski definition) is 0. The third-order valence-electron chi connectivity index (χ3n) is 5.90. The number of aryl methyl sites for hydroxylation is 1. The second kappa shape index (κ2) is 6.36. The van der Waals surface area contributed by atoms with Crippen LogP contribution in [0.1, 0.15) is 31.2 Å². The molecule has 0 bridgehead atoms. The van der Waals surface area contributed by atoms with Gasteiger partial charge in [-0.25, -0.2) is 0 Å². The van der Waals surface area contributed by atoms with Gasteiger partial charge in [-0.2, -0.15) is 0 Å². The van der Waals surface area contributed by atoms with E-state index in [-0.39, 0.29) is 11.8 Å². The minimum absolute atomic E-state index is 0.0771. The Morgan fingerprint density at radius 1 is 0.880 bits per heavy atom. The molecule has 2 aliphatic heterocycles. The molecule has 3 fully saturated rings. The monoisotopic (exact) mass is 341 g/mol. The van der Waals surface area contributed by atoms with E-state index in [1.165, 1.54) is 11.3 Å². The van der Waals surface area contributed by atoms with Gasteiger partial charge in [-0.05, 0) is 50.3 Å². The normalized spacial score (nSPS) is 22.2. The second-order valence-corrected chi connectivity index (χ2v) is 7.70. The van der Waals surface area contributed by atoms with E-state index in [9.17, 15) is 9.59 Å². The third kappa shape index (κ3) is 3.00. The molecule has 4 rings (SSSR count). The number of anilines is 1. The Labute approximate surface area is 149 Å². The minimum Gasteiger partial charge on any atom is -0.368 e. The van der Waals surface area contributed by atoms with Crippen LogP contribution < -0.4 is 4.90 Å². The Morgan fingerprint density at radius 3 is 2.04 bits per heavy atom. The summed E-state index contributed by atoms with van der Waals surface area (Å²) in [6, 6.07) is 8.50. The molecule has 5 heteroatoms. The molecule has 1 aliphatic carbocycles. The van der Waals surface area contributed by atoms with Crippen molar-refractivity contribution in [2.45, 2.75) is 32.6 Å². The number of benzene rings is 1. The molecule has 0 aromatic heterocycles. The molecule has 25 heavy (non-hydrogen) atoms. The van der Waals surface area contributed by atoms with E-state index >= 15 is 0 Å². The van der Waals surface area contributed by atoms with Gasteiger partial charge in [0, 0.05) is 45.0 Å². The Bertz CT molecular complexity index is 669. The Kier molecular flexibility index (Phi) is 4.18. The average molecular weight is 341 g/mol. The van der Waals surface area contributed by atoms with Crippen LogP contribution in [-0.4, -0.2) is 60.9 Å². The maximum absolute atomic E-state index is 13.0. The highest BCUT2D eigenvalue weighted by atomic mass is 16.2. The largest absolute Gasteiger partial charge is 0.368 e. The fourth-order valence-corrected chi connectivity index (χ4v) is 4.16. The highest BCUT2D eigenvalue weighted by Crippen LogP contribution is 2.49. The smallest absolute Gasteiger partial charge is 0.238 e. The lowest BCUT2D eigenvalue weighted by atomic mass is 10.0. The van der Waals surface area contributed by atoms with E-state index in [2.05, 4.69) is 36.1 Å².